The third-order valence-electron chi connectivity index (χ3n) is 2.31. The fourth-order valence-corrected chi connectivity index (χ4v) is 2.29. The summed E-state index contributed by atoms with van der Waals surface area (Å²) in [4.78, 5) is 11.7. The molecule has 1 N–H and O–H groups in total. The summed E-state index contributed by atoms with van der Waals surface area (Å²) in [5.74, 6) is -0.0720. The Labute approximate surface area is 101 Å². The van der Waals surface area contributed by atoms with E-state index in [1.54, 1.807) is 12.1 Å². The number of hydrogen-bond acceptors (Lipinski definition) is 4. The van der Waals surface area contributed by atoms with Gasteiger partial charge in [0.2, 0.25) is 5.78 Å². The highest BCUT2D eigenvalue weighted by molar-refractivity contribution is 7.85. The van der Waals surface area contributed by atoms with Gasteiger partial charge in [-0.3, -0.25) is 9.00 Å². The van der Waals surface area contributed by atoms with Crippen LogP contribution in [0.15, 0.2) is 34.7 Å². The average Bonchev–Trinajstić information content (AvgIpc) is 2.72. The number of carbonyl (C=O) groups excluding carboxylic acids is 1. The monoisotopic (exact) mass is 252 g/mol. The van der Waals surface area contributed by atoms with E-state index in [4.69, 9.17) is 9.52 Å². The number of carbonyl (C=O) groups is 1. The van der Waals surface area contributed by atoms with Crippen molar-refractivity contribution in [3.8, 4) is 0 Å². The number of hydrogen-bond donors (Lipinski definition) is 1. The Morgan fingerprint density at radius 2 is 2.12 bits per heavy atom. The Morgan fingerprint density at radius 1 is 1.35 bits per heavy atom. The van der Waals surface area contributed by atoms with E-state index in [-0.39, 0.29) is 29.7 Å². The van der Waals surface area contributed by atoms with Gasteiger partial charge in [-0.25, -0.2) is 0 Å². The predicted octanol–water partition coefficient (Wildman–Crippen LogP) is 1.36. The SMILES string of the molecule is O=C(CS(=O)CCO)c1cc2ccccc2o1. The summed E-state index contributed by atoms with van der Waals surface area (Å²) < 4.78 is 16.7. The second kappa shape index (κ2) is 5.25. The van der Waals surface area contributed by atoms with Crippen molar-refractivity contribution in [2.24, 2.45) is 0 Å². The van der Waals surface area contributed by atoms with Gasteiger partial charge in [-0.05, 0) is 12.1 Å². The van der Waals surface area contributed by atoms with Crippen LogP contribution in [0.5, 0.6) is 0 Å². The van der Waals surface area contributed by atoms with Gasteiger partial charge in [-0.1, -0.05) is 18.2 Å². The molecule has 1 aromatic heterocycles. The fourth-order valence-electron chi connectivity index (χ4n) is 1.51. The predicted molar refractivity (Wildman–Crippen MR) is 65.5 cm³/mol. The lowest BCUT2D eigenvalue weighted by atomic mass is 10.2. The van der Waals surface area contributed by atoms with E-state index in [2.05, 4.69) is 0 Å². The molecule has 0 aliphatic rings. The zero-order valence-corrected chi connectivity index (χ0v) is 9.90. The number of rotatable bonds is 5. The van der Waals surface area contributed by atoms with Crippen LogP contribution in [-0.4, -0.2) is 33.2 Å². The van der Waals surface area contributed by atoms with Gasteiger partial charge < -0.3 is 9.52 Å². The largest absolute Gasteiger partial charge is 0.453 e. The van der Waals surface area contributed by atoms with Crippen LogP contribution in [0.3, 0.4) is 0 Å². The minimum Gasteiger partial charge on any atom is -0.453 e. The Bertz CT molecular complexity index is 525. The minimum atomic E-state index is -1.33. The maximum absolute atomic E-state index is 11.7. The molecule has 0 bridgehead atoms. The number of fused-ring (bicyclic) bond motifs is 1. The number of aliphatic hydroxyl groups excluding tert-OH is 1. The first kappa shape index (κ1) is 12.0. The molecule has 17 heavy (non-hydrogen) atoms. The maximum Gasteiger partial charge on any atom is 0.210 e. The molecule has 0 aliphatic heterocycles. The quantitative estimate of drug-likeness (QED) is 0.816. The molecule has 5 heteroatoms. The summed E-state index contributed by atoms with van der Waals surface area (Å²) in [5, 5.41) is 9.46. The van der Waals surface area contributed by atoms with Gasteiger partial charge in [-0.2, -0.15) is 0 Å². The van der Waals surface area contributed by atoms with E-state index < -0.39 is 10.8 Å². The van der Waals surface area contributed by atoms with Crippen molar-refractivity contribution in [3.05, 3.63) is 36.1 Å². The molecule has 1 heterocycles. The second-order valence-corrected chi connectivity index (χ2v) is 5.16. The number of para-hydroxylation sites is 1. The van der Waals surface area contributed by atoms with Crippen molar-refractivity contribution in [2.45, 2.75) is 0 Å². The summed E-state index contributed by atoms with van der Waals surface area (Å²) in [6, 6.07) is 8.95. The van der Waals surface area contributed by atoms with Crippen molar-refractivity contribution in [3.63, 3.8) is 0 Å². The van der Waals surface area contributed by atoms with Crippen LogP contribution in [0.2, 0.25) is 0 Å². The Morgan fingerprint density at radius 3 is 2.82 bits per heavy atom. The highest BCUT2D eigenvalue weighted by Gasteiger charge is 2.14. The van der Waals surface area contributed by atoms with Gasteiger partial charge in [-0.15, -0.1) is 0 Å². The molecule has 0 aliphatic carbocycles. The smallest absolute Gasteiger partial charge is 0.210 e. The molecule has 4 nitrogen and oxygen atoms in total. The summed E-state index contributed by atoms with van der Waals surface area (Å²) in [6.45, 7) is -0.181. The maximum atomic E-state index is 11.7. The summed E-state index contributed by atoms with van der Waals surface area (Å²) >= 11 is 0. The summed E-state index contributed by atoms with van der Waals surface area (Å²) in [6.07, 6.45) is 0. The van der Waals surface area contributed by atoms with Crippen molar-refractivity contribution in [1.82, 2.24) is 0 Å². The number of aliphatic hydroxyl groups is 1. The lowest BCUT2D eigenvalue weighted by Gasteiger charge is -1.96. The molecule has 0 saturated heterocycles. The van der Waals surface area contributed by atoms with Crippen molar-refractivity contribution in [2.75, 3.05) is 18.1 Å². The lowest BCUT2D eigenvalue weighted by Crippen LogP contribution is -2.14. The van der Waals surface area contributed by atoms with Crippen molar-refractivity contribution in [1.29, 1.82) is 0 Å². The molecular formula is C12H12O4S. The molecule has 1 atom stereocenters. The molecule has 0 radical (unpaired) electrons. The zero-order valence-electron chi connectivity index (χ0n) is 9.09. The molecule has 0 spiro atoms. The Kier molecular flexibility index (Phi) is 3.71. The normalized spacial score (nSPS) is 12.8. The van der Waals surface area contributed by atoms with Crippen LogP contribution in [0.4, 0.5) is 0 Å². The Hall–Kier alpha value is -1.46. The van der Waals surface area contributed by atoms with Crippen molar-refractivity contribution < 1.29 is 18.5 Å². The molecule has 2 aromatic rings. The first-order valence-corrected chi connectivity index (χ1v) is 6.67. The average molecular weight is 252 g/mol. The third kappa shape index (κ3) is 2.81. The van der Waals surface area contributed by atoms with Gasteiger partial charge in [0, 0.05) is 21.9 Å². The van der Waals surface area contributed by atoms with E-state index in [1.165, 1.54) is 0 Å². The topological polar surface area (TPSA) is 67.5 Å². The van der Waals surface area contributed by atoms with Crippen LogP contribution in [-0.2, 0) is 10.8 Å². The molecule has 1 aromatic carbocycles. The van der Waals surface area contributed by atoms with Crippen LogP contribution in [0.1, 0.15) is 10.6 Å². The van der Waals surface area contributed by atoms with E-state index >= 15 is 0 Å². The van der Waals surface area contributed by atoms with Crippen molar-refractivity contribution >= 4 is 27.6 Å². The van der Waals surface area contributed by atoms with Gasteiger partial charge in [0.15, 0.2) is 5.76 Å². The van der Waals surface area contributed by atoms with Crippen LogP contribution < -0.4 is 0 Å². The number of Topliss-reactive ketones (excluding diaryl/α,β-unsaturated/α-hetero) is 1. The molecule has 0 saturated carbocycles. The third-order valence-corrected chi connectivity index (χ3v) is 3.53. The van der Waals surface area contributed by atoms with E-state index in [9.17, 15) is 9.00 Å². The van der Waals surface area contributed by atoms with Gasteiger partial charge in [0.1, 0.15) is 5.58 Å². The van der Waals surface area contributed by atoms with Gasteiger partial charge in [0.05, 0.1) is 12.4 Å². The second-order valence-electron chi connectivity index (χ2n) is 3.58. The molecule has 1 unspecified atom stereocenters. The molecule has 0 fully saturated rings. The first-order valence-electron chi connectivity index (χ1n) is 5.18. The summed E-state index contributed by atoms with van der Waals surface area (Å²) in [7, 11) is -1.33. The molecule has 0 amide bonds. The highest BCUT2D eigenvalue weighted by Crippen LogP contribution is 2.19. The minimum absolute atomic E-state index is 0.111. The van der Waals surface area contributed by atoms with E-state index in [0.717, 1.165) is 5.39 Å². The van der Waals surface area contributed by atoms with Crippen LogP contribution in [0, 0.1) is 0 Å². The van der Waals surface area contributed by atoms with Gasteiger partial charge >= 0.3 is 0 Å². The Balaban J connectivity index is 2.16. The fraction of sp³-hybridized carbons (Fsp3) is 0.250. The first-order chi connectivity index (χ1) is 8.20. The lowest BCUT2D eigenvalue weighted by molar-refractivity contribution is 0.0993. The molecular weight excluding hydrogens is 240 g/mol. The number of benzene rings is 1. The standard InChI is InChI=1S/C12H12O4S/c13-5-6-17(15)8-10(14)12-7-9-3-1-2-4-11(9)16-12/h1-4,7,13H,5-6,8H2. The molecule has 2 rings (SSSR count). The number of furan rings is 1. The zero-order chi connectivity index (χ0) is 12.3. The van der Waals surface area contributed by atoms with Crippen LogP contribution in [0.25, 0.3) is 11.0 Å². The van der Waals surface area contributed by atoms with Gasteiger partial charge in [0.25, 0.3) is 0 Å². The summed E-state index contributed by atoms with van der Waals surface area (Å²) in [5.41, 5.74) is 0.642. The van der Waals surface area contributed by atoms with E-state index in [1.807, 2.05) is 18.2 Å². The van der Waals surface area contributed by atoms with Crippen LogP contribution >= 0.6 is 0 Å². The van der Waals surface area contributed by atoms with E-state index in [0.29, 0.717) is 5.58 Å². The highest BCUT2D eigenvalue weighted by atomic mass is 32.2. The number of ketones is 1. The molecule has 90 valence electrons.